The first kappa shape index (κ1) is 30.6. The summed E-state index contributed by atoms with van der Waals surface area (Å²) in [5.74, 6) is 0.605. The van der Waals surface area contributed by atoms with Crippen LogP contribution in [0.25, 0.3) is 0 Å². The Hall–Kier alpha value is -2.96. The summed E-state index contributed by atoms with van der Waals surface area (Å²) < 4.78 is 31.1. The smallest absolute Gasteiger partial charge is 0.258 e. The van der Waals surface area contributed by atoms with Gasteiger partial charge in [0.15, 0.2) is 12.6 Å². The quantitative estimate of drug-likeness (QED) is 0.129. The second-order valence-corrected chi connectivity index (χ2v) is 16.6. The Labute approximate surface area is 234 Å². The van der Waals surface area contributed by atoms with Gasteiger partial charge >= 0.3 is 0 Å². The van der Waals surface area contributed by atoms with Crippen molar-refractivity contribution in [2.45, 2.75) is 78.4 Å². The van der Waals surface area contributed by atoms with Crippen LogP contribution < -0.4 is 9.16 Å². The van der Waals surface area contributed by atoms with Crippen LogP contribution in [0, 0.1) is 25.7 Å². The lowest BCUT2D eigenvalue weighted by atomic mass is 9.93. The van der Waals surface area contributed by atoms with E-state index in [4.69, 9.17) is 13.9 Å². The monoisotopic (exact) mass is 549 g/mol. The van der Waals surface area contributed by atoms with Gasteiger partial charge in [0.05, 0.1) is 5.56 Å². The van der Waals surface area contributed by atoms with Crippen molar-refractivity contribution >= 4 is 14.1 Å². The molecule has 3 aromatic carbocycles. The third-order valence-electron chi connectivity index (χ3n) is 7.69. The summed E-state index contributed by atoms with van der Waals surface area (Å²) in [5, 5.41) is 0. The number of hydrogen-bond donors (Lipinski definition) is 0. The van der Waals surface area contributed by atoms with Crippen LogP contribution in [-0.2, 0) is 11.2 Å². The molecule has 0 amide bonds. The molecule has 0 unspecified atom stereocenters. The van der Waals surface area contributed by atoms with Crippen molar-refractivity contribution in [1.29, 1.82) is 0 Å². The largest absolute Gasteiger partial charge is 0.543 e. The summed E-state index contributed by atoms with van der Waals surface area (Å²) in [6.45, 7) is 18.0. The Bertz CT molecular complexity index is 1240. The highest BCUT2D eigenvalue weighted by Crippen LogP contribution is 2.43. The van der Waals surface area contributed by atoms with E-state index in [2.05, 4.69) is 73.6 Å². The van der Waals surface area contributed by atoms with E-state index in [1.807, 2.05) is 12.1 Å². The fourth-order valence-electron chi connectivity index (χ4n) is 5.85. The van der Waals surface area contributed by atoms with Gasteiger partial charge in [-0.3, -0.25) is 4.79 Å². The highest BCUT2D eigenvalue weighted by atomic mass is 28.4. The summed E-state index contributed by atoms with van der Waals surface area (Å²) in [6.07, 6.45) is 0.629. The van der Waals surface area contributed by atoms with E-state index in [0.717, 1.165) is 22.4 Å². The van der Waals surface area contributed by atoms with E-state index in [1.165, 1.54) is 36.9 Å². The van der Waals surface area contributed by atoms with Crippen LogP contribution in [-0.4, -0.2) is 28.0 Å². The Morgan fingerprint density at radius 3 is 2.00 bits per heavy atom. The van der Waals surface area contributed by atoms with Crippen LogP contribution in [0.1, 0.15) is 79.7 Å². The number of benzene rings is 3. The topological polar surface area (TPSA) is 44.8 Å². The molecule has 3 aromatic rings. The van der Waals surface area contributed by atoms with Crippen LogP contribution in [0.4, 0.5) is 4.39 Å². The van der Waals surface area contributed by atoms with Crippen molar-refractivity contribution < 1.29 is 23.1 Å². The van der Waals surface area contributed by atoms with E-state index < -0.39 is 14.1 Å². The molecule has 3 rings (SSSR count). The number of hydrogen-bond acceptors (Lipinski definition) is 4. The fraction of sp³-hybridized carbons (Fsp3) is 0.424. The lowest BCUT2D eigenvalue weighted by Gasteiger charge is -2.42. The average Bonchev–Trinajstić information content (AvgIpc) is 2.87. The number of ketones is 1. The molecule has 0 aliphatic carbocycles. The lowest BCUT2D eigenvalue weighted by molar-refractivity contribution is 0.0501. The molecule has 0 aliphatic heterocycles. The highest BCUT2D eigenvalue weighted by molar-refractivity contribution is 6.78. The Kier molecular flexibility index (Phi) is 10.1. The molecule has 0 aromatic heterocycles. The van der Waals surface area contributed by atoms with Crippen molar-refractivity contribution in [3.63, 3.8) is 0 Å². The zero-order valence-corrected chi connectivity index (χ0v) is 25.8. The van der Waals surface area contributed by atoms with Crippen LogP contribution >= 0.6 is 0 Å². The fourth-order valence-corrected chi connectivity index (χ4v) is 11.1. The predicted octanol–water partition coefficient (Wildman–Crippen LogP) is 8.60. The van der Waals surface area contributed by atoms with Gasteiger partial charge < -0.3 is 13.9 Å². The summed E-state index contributed by atoms with van der Waals surface area (Å²) in [6, 6.07) is 16.6. The summed E-state index contributed by atoms with van der Waals surface area (Å²) >= 11 is 0. The van der Waals surface area contributed by atoms with Crippen molar-refractivity contribution in [3.05, 3.63) is 93.8 Å². The summed E-state index contributed by atoms with van der Waals surface area (Å²) in [5.41, 5.74) is 6.63. The van der Waals surface area contributed by atoms with Gasteiger partial charge in [-0.1, -0.05) is 41.5 Å². The molecule has 0 saturated heterocycles. The van der Waals surface area contributed by atoms with Gasteiger partial charge in [0.1, 0.15) is 17.3 Å². The SMILES string of the molecule is COCOc1[c]cc(Cc2c(C)cc(O[Si](C(C)C)(C(C)C)C(C)C)cc2C)cc1C(=O)c1ccc(F)cc1. The molecule has 0 spiro atoms. The maximum atomic E-state index is 13.5. The molecular weight excluding hydrogens is 507 g/mol. The predicted molar refractivity (Wildman–Crippen MR) is 158 cm³/mol. The Morgan fingerprint density at radius 2 is 1.49 bits per heavy atom. The molecule has 0 saturated carbocycles. The Balaban J connectivity index is 1.96. The normalized spacial score (nSPS) is 11.9. The molecule has 6 heteroatoms. The van der Waals surface area contributed by atoms with Gasteiger partial charge in [-0.2, -0.15) is 0 Å². The average molecular weight is 550 g/mol. The second-order valence-electron chi connectivity index (χ2n) is 11.3. The van der Waals surface area contributed by atoms with Crippen molar-refractivity contribution in [3.8, 4) is 11.5 Å². The third kappa shape index (κ3) is 6.79. The molecule has 0 atom stereocenters. The van der Waals surface area contributed by atoms with Crippen LogP contribution in [0.3, 0.4) is 0 Å². The van der Waals surface area contributed by atoms with Crippen LogP contribution in [0.15, 0.2) is 48.5 Å². The molecule has 4 nitrogen and oxygen atoms in total. The van der Waals surface area contributed by atoms with Gasteiger partial charge in [0.25, 0.3) is 8.32 Å². The number of halogens is 1. The first-order valence-electron chi connectivity index (χ1n) is 13.7. The van der Waals surface area contributed by atoms with Gasteiger partial charge in [0, 0.05) is 18.7 Å². The second kappa shape index (κ2) is 12.9. The third-order valence-corrected chi connectivity index (χ3v) is 13.7. The van der Waals surface area contributed by atoms with E-state index >= 15 is 0 Å². The van der Waals surface area contributed by atoms with E-state index in [1.54, 1.807) is 0 Å². The number of carbonyl (C=O) groups is 1. The van der Waals surface area contributed by atoms with Gasteiger partial charge in [-0.05, 0) is 108 Å². The molecule has 39 heavy (non-hydrogen) atoms. The highest BCUT2D eigenvalue weighted by Gasteiger charge is 2.47. The summed E-state index contributed by atoms with van der Waals surface area (Å²) in [7, 11) is -0.551. The molecule has 0 aliphatic rings. The van der Waals surface area contributed by atoms with Crippen molar-refractivity contribution in [1.82, 2.24) is 0 Å². The maximum Gasteiger partial charge on any atom is 0.258 e. The van der Waals surface area contributed by atoms with Crippen LogP contribution in [0.5, 0.6) is 11.5 Å². The summed E-state index contributed by atoms with van der Waals surface area (Å²) in [4.78, 5) is 13.3. The lowest BCUT2D eigenvalue weighted by Crippen LogP contribution is -2.50. The standard InChI is InChI=1S/C33H42FO4Si/c1-21(2)39(22(3)4,23(5)6)38-29-16-24(7)30(25(8)17-29)18-26-10-15-32(37-20-36-9)31(19-26)33(35)27-11-13-28(34)14-12-27/h10-14,16-17,19,21-23H,18,20H2,1-9H3. The number of methoxy groups -OCH3 is 1. The van der Waals surface area contributed by atoms with Gasteiger partial charge in [-0.25, -0.2) is 4.39 Å². The number of aryl methyl sites for hydroxylation is 2. The van der Waals surface area contributed by atoms with Gasteiger partial charge in [-0.15, -0.1) is 0 Å². The molecule has 1 radical (unpaired) electrons. The molecule has 0 bridgehead atoms. The number of carbonyl (C=O) groups excluding carboxylic acids is 1. The Morgan fingerprint density at radius 1 is 0.923 bits per heavy atom. The first-order chi connectivity index (χ1) is 18.4. The number of ether oxygens (including phenoxy) is 2. The zero-order chi connectivity index (χ0) is 28.9. The molecular formula is C33H42FO4Si. The van der Waals surface area contributed by atoms with Gasteiger partial charge in [0.2, 0.25) is 0 Å². The molecule has 0 fully saturated rings. The molecule has 209 valence electrons. The van der Waals surface area contributed by atoms with Crippen molar-refractivity contribution in [2.75, 3.05) is 13.9 Å². The van der Waals surface area contributed by atoms with E-state index in [9.17, 15) is 9.18 Å². The zero-order valence-electron chi connectivity index (χ0n) is 24.8. The molecule has 0 heterocycles. The van der Waals surface area contributed by atoms with E-state index in [0.29, 0.717) is 39.9 Å². The van der Waals surface area contributed by atoms with Crippen molar-refractivity contribution in [2.24, 2.45) is 0 Å². The number of rotatable bonds is 12. The van der Waals surface area contributed by atoms with Crippen LogP contribution in [0.2, 0.25) is 16.6 Å². The minimum absolute atomic E-state index is 0.00679. The maximum absolute atomic E-state index is 13.5. The molecule has 0 N–H and O–H groups in total. The minimum atomic E-state index is -2.07. The first-order valence-corrected chi connectivity index (χ1v) is 15.8. The van der Waals surface area contributed by atoms with E-state index in [-0.39, 0.29) is 12.6 Å². The minimum Gasteiger partial charge on any atom is -0.543 e.